The lowest BCUT2D eigenvalue weighted by Gasteiger charge is -2.26. The van der Waals surface area contributed by atoms with Crippen LogP contribution >= 0.6 is 0 Å². The van der Waals surface area contributed by atoms with Crippen LogP contribution in [0.4, 0.5) is 5.69 Å². The van der Waals surface area contributed by atoms with Crippen LogP contribution in [0.5, 0.6) is 0 Å². The Morgan fingerprint density at radius 1 is 1.41 bits per heavy atom. The Morgan fingerprint density at radius 3 is 2.71 bits per heavy atom. The van der Waals surface area contributed by atoms with Gasteiger partial charge in [-0.3, -0.25) is 0 Å². The molecule has 0 amide bonds. The van der Waals surface area contributed by atoms with Crippen LogP contribution in [-0.2, 0) is 0 Å². The van der Waals surface area contributed by atoms with Crippen molar-refractivity contribution in [2.75, 3.05) is 25.0 Å². The molecule has 0 radical (unpaired) electrons. The average Bonchev–Trinajstić information content (AvgIpc) is 2.37. The van der Waals surface area contributed by atoms with Crippen LogP contribution in [0.25, 0.3) is 0 Å². The molecule has 0 bridgehead atoms. The van der Waals surface area contributed by atoms with Crippen LogP contribution in [0.1, 0.15) is 31.9 Å². The van der Waals surface area contributed by atoms with Crippen LogP contribution in [0.3, 0.4) is 0 Å². The molecule has 2 heteroatoms. The van der Waals surface area contributed by atoms with Crippen LogP contribution in [-0.4, -0.2) is 20.1 Å². The molecular formula is C15H22N2. The lowest BCUT2D eigenvalue weighted by molar-refractivity contribution is 0.648. The summed E-state index contributed by atoms with van der Waals surface area (Å²) in [4.78, 5) is 2.27. The standard InChI is InChI=1S/C15H22N2/c1-5-11-17(12-6-2)15-10-8-7-9-14(15)13(3)16-4/h1,7-10,13,16H,6,11-12H2,2-4H3. The number of rotatable bonds is 6. The summed E-state index contributed by atoms with van der Waals surface area (Å²) in [7, 11) is 1.98. The monoisotopic (exact) mass is 230 g/mol. The van der Waals surface area contributed by atoms with Gasteiger partial charge in [0, 0.05) is 18.3 Å². The Kier molecular flexibility index (Phi) is 5.59. The van der Waals surface area contributed by atoms with Gasteiger partial charge >= 0.3 is 0 Å². The van der Waals surface area contributed by atoms with Gasteiger partial charge < -0.3 is 10.2 Å². The van der Waals surface area contributed by atoms with E-state index in [0.717, 1.165) is 13.0 Å². The quantitative estimate of drug-likeness (QED) is 0.756. The molecule has 17 heavy (non-hydrogen) atoms. The van der Waals surface area contributed by atoms with E-state index in [2.05, 4.69) is 54.3 Å². The highest BCUT2D eigenvalue weighted by molar-refractivity contribution is 5.55. The van der Waals surface area contributed by atoms with Gasteiger partial charge in [0.1, 0.15) is 0 Å². The third kappa shape index (κ3) is 3.51. The molecule has 0 heterocycles. The van der Waals surface area contributed by atoms with Gasteiger partial charge in [0.15, 0.2) is 0 Å². The zero-order valence-corrected chi connectivity index (χ0v) is 11.0. The normalized spacial score (nSPS) is 11.9. The molecule has 0 fully saturated rings. The van der Waals surface area contributed by atoms with Crippen LogP contribution in [0.2, 0.25) is 0 Å². The number of nitrogens with zero attached hydrogens (tertiary/aromatic N) is 1. The van der Waals surface area contributed by atoms with Crippen molar-refractivity contribution in [3.8, 4) is 12.3 Å². The van der Waals surface area contributed by atoms with Gasteiger partial charge in [-0.2, -0.15) is 0 Å². The van der Waals surface area contributed by atoms with Crippen molar-refractivity contribution in [3.63, 3.8) is 0 Å². The molecule has 1 rings (SSSR count). The first kappa shape index (κ1) is 13.6. The lowest BCUT2D eigenvalue weighted by atomic mass is 10.1. The Balaban J connectivity index is 3.05. The summed E-state index contributed by atoms with van der Waals surface area (Å²) in [6, 6.07) is 8.79. The van der Waals surface area contributed by atoms with E-state index in [9.17, 15) is 0 Å². The Bertz CT molecular complexity index is 379. The second kappa shape index (κ2) is 6.98. The summed E-state index contributed by atoms with van der Waals surface area (Å²) in [5, 5.41) is 3.28. The number of benzene rings is 1. The summed E-state index contributed by atoms with van der Waals surface area (Å²) in [6.45, 7) is 6.01. The minimum Gasteiger partial charge on any atom is -0.360 e. The van der Waals surface area contributed by atoms with Crippen molar-refractivity contribution in [2.24, 2.45) is 0 Å². The topological polar surface area (TPSA) is 15.3 Å². The molecule has 1 aromatic rings. The Hall–Kier alpha value is -1.46. The molecule has 2 nitrogen and oxygen atoms in total. The van der Waals surface area contributed by atoms with Gasteiger partial charge in [-0.05, 0) is 32.0 Å². The molecule has 0 aliphatic carbocycles. The molecule has 0 aliphatic rings. The Morgan fingerprint density at radius 2 is 2.12 bits per heavy atom. The SMILES string of the molecule is C#CCN(CCC)c1ccccc1C(C)NC. The maximum Gasteiger partial charge on any atom is 0.0791 e. The molecule has 1 N–H and O–H groups in total. The Labute approximate surface area is 105 Å². The predicted molar refractivity (Wildman–Crippen MR) is 75.3 cm³/mol. The first-order valence-corrected chi connectivity index (χ1v) is 6.19. The number of terminal acetylenes is 1. The molecule has 0 aliphatic heterocycles. The summed E-state index contributed by atoms with van der Waals surface area (Å²) in [6.07, 6.45) is 6.55. The highest BCUT2D eigenvalue weighted by Crippen LogP contribution is 2.25. The summed E-state index contributed by atoms with van der Waals surface area (Å²) < 4.78 is 0. The van der Waals surface area contributed by atoms with E-state index in [1.807, 2.05) is 7.05 Å². The predicted octanol–water partition coefficient (Wildman–Crippen LogP) is 2.82. The van der Waals surface area contributed by atoms with E-state index in [1.54, 1.807) is 0 Å². The average molecular weight is 230 g/mol. The number of nitrogens with one attached hydrogen (secondary N) is 1. The molecule has 1 unspecified atom stereocenters. The third-order valence-corrected chi connectivity index (χ3v) is 2.95. The van der Waals surface area contributed by atoms with Gasteiger partial charge in [0.25, 0.3) is 0 Å². The van der Waals surface area contributed by atoms with Gasteiger partial charge in [0.05, 0.1) is 6.54 Å². The highest BCUT2D eigenvalue weighted by Gasteiger charge is 2.12. The number of hydrogen-bond donors (Lipinski definition) is 1. The molecule has 0 aromatic heterocycles. The van der Waals surface area contributed by atoms with E-state index in [0.29, 0.717) is 12.6 Å². The highest BCUT2D eigenvalue weighted by atomic mass is 15.1. The fourth-order valence-electron chi connectivity index (χ4n) is 1.96. The van der Waals surface area contributed by atoms with Gasteiger partial charge in [-0.1, -0.05) is 31.0 Å². The maximum absolute atomic E-state index is 5.45. The summed E-state index contributed by atoms with van der Waals surface area (Å²) >= 11 is 0. The van der Waals surface area contributed by atoms with E-state index >= 15 is 0 Å². The zero-order valence-electron chi connectivity index (χ0n) is 11.0. The molecular weight excluding hydrogens is 208 g/mol. The molecule has 0 spiro atoms. The molecule has 0 saturated carbocycles. The summed E-state index contributed by atoms with van der Waals surface area (Å²) in [5.74, 6) is 2.74. The van der Waals surface area contributed by atoms with E-state index < -0.39 is 0 Å². The van der Waals surface area contributed by atoms with Crippen LogP contribution < -0.4 is 10.2 Å². The van der Waals surface area contributed by atoms with Crippen LogP contribution in [0.15, 0.2) is 24.3 Å². The zero-order chi connectivity index (χ0) is 12.7. The molecule has 0 saturated heterocycles. The fourth-order valence-corrected chi connectivity index (χ4v) is 1.96. The first-order valence-electron chi connectivity index (χ1n) is 6.19. The van der Waals surface area contributed by atoms with Gasteiger partial charge in [-0.25, -0.2) is 0 Å². The van der Waals surface area contributed by atoms with Crippen molar-refractivity contribution >= 4 is 5.69 Å². The molecule has 1 atom stereocenters. The third-order valence-electron chi connectivity index (χ3n) is 2.95. The smallest absolute Gasteiger partial charge is 0.0791 e. The van der Waals surface area contributed by atoms with Crippen molar-refractivity contribution in [1.82, 2.24) is 5.32 Å². The van der Waals surface area contributed by atoms with Crippen molar-refractivity contribution in [1.29, 1.82) is 0 Å². The van der Waals surface area contributed by atoms with E-state index in [4.69, 9.17) is 6.42 Å². The fraction of sp³-hybridized carbons (Fsp3) is 0.467. The van der Waals surface area contributed by atoms with E-state index in [1.165, 1.54) is 11.3 Å². The van der Waals surface area contributed by atoms with Gasteiger partial charge in [-0.15, -0.1) is 6.42 Å². The lowest BCUT2D eigenvalue weighted by Crippen LogP contribution is -2.27. The van der Waals surface area contributed by atoms with Gasteiger partial charge in [0.2, 0.25) is 0 Å². The first-order chi connectivity index (χ1) is 8.24. The van der Waals surface area contributed by atoms with Crippen molar-refractivity contribution in [2.45, 2.75) is 26.3 Å². The maximum atomic E-state index is 5.45. The second-order valence-corrected chi connectivity index (χ2v) is 4.19. The molecule has 1 aromatic carbocycles. The van der Waals surface area contributed by atoms with Crippen molar-refractivity contribution in [3.05, 3.63) is 29.8 Å². The number of hydrogen-bond acceptors (Lipinski definition) is 2. The number of para-hydroxylation sites is 1. The number of anilines is 1. The second-order valence-electron chi connectivity index (χ2n) is 4.19. The minimum absolute atomic E-state index is 0.336. The molecule has 92 valence electrons. The van der Waals surface area contributed by atoms with E-state index in [-0.39, 0.29) is 0 Å². The largest absolute Gasteiger partial charge is 0.360 e. The summed E-state index contributed by atoms with van der Waals surface area (Å²) in [5.41, 5.74) is 2.55. The van der Waals surface area contributed by atoms with Crippen molar-refractivity contribution < 1.29 is 0 Å². The van der Waals surface area contributed by atoms with Crippen LogP contribution in [0, 0.1) is 12.3 Å². The minimum atomic E-state index is 0.336.